The van der Waals surface area contributed by atoms with Crippen molar-refractivity contribution in [2.24, 2.45) is 0 Å². The lowest BCUT2D eigenvalue weighted by molar-refractivity contribution is -0.115. The number of amides is 2. The van der Waals surface area contributed by atoms with E-state index in [0.717, 1.165) is 35.8 Å². The number of anilines is 1. The molecule has 0 aliphatic rings. The van der Waals surface area contributed by atoms with E-state index in [1.165, 1.54) is 11.3 Å². The van der Waals surface area contributed by atoms with Crippen LogP contribution in [0.5, 0.6) is 0 Å². The fourth-order valence-electron chi connectivity index (χ4n) is 2.38. The van der Waals surface area contributed by atoms with Crippen LogP contribution in [0.25, 0.3) is 0 Å². The highest BCUT2D eigenvalue weighted by Gasteiger charge is 2.17. The molecule has 2 N–H and O–H groups in total. The molecule has 2 aromatic rings. The molecule has 0 saturated carbocycles. The Hall–Kier alpha value is -2.35. The van der Waals surface area contributed by atoms with Crippen LogP contribution < -0.4 is 10.6 Å². The molecule has 8 heteroatoms. The van der Waals surface area contributed by atoms with Crippen molar-refractivity contribution >= 4 is 28.8 Å². The van der Waals surface area contributed by atoms with E-state index in [1.54, 1.807) is 6.07 Å². The first-order valence-electron chi connectivity index (χ1n) is 8.20. The van der Waals surface area contributed by atoms with Gasteiger partial charge in [0.1, 0.15) is 0 Å². The van der Waals surface area contributed by atoms with Crippen molar-refractivity contribution < 1.29 is 22.8 Å². The Labute approximate surface area is 153 Å². The Morgan fingerprint density at radius 1 is 1.12 bits per heavy atom. The summed E-state index contributed by atoms with van der Waals surface area (Å²) in [7, 11) is 0. The molecule has 0 atom stereocenters. The standard InChI is InChI=1S/C18H19F3N2O2S/c1-3-5-13-10(4-2)8-14(26-13)18(25)22-9-15(24)23-12-7-6-11(19)16(20)17(12)21/h6-8H,3-5,9H2,1-2H3,(H,22,25)(H,23,24). The minimum atomic E-state index is -1.67. The van der Waals surface area contributed by atoms with Crippen LogP contribution in [-0.4, -0.2) is 18.4 Å². The summed E-state index contributed by atoms with van der Waals surface area (Å²) < 4.78 is 39.5. The van der Waals surface area contributed by atoms with E-state index in [2.05, 4.69) is 17.6 Å². The lowest BCUT2D eigenvalue weighted by Crippen LogP contribution is -2.32. The third-order valence-electron chi connectivity index (χ3n) is 3.70. The predicted molar refractivity (Wildman–Crippen MR) is 95.0 cm³/mol. The zero-order valence-corrected chi connectivity index (χ0v) is 15.2. The minimum absolute atomic E-state index is 0.409. The number of nitrogens with one attached hydrogen (secondary N) is 2. The molecule has 1 aromatic heterocycles. The highest BCUT2D eigenvalue weighted by molar-refractivity contribution is 7.14. The molecule has 0 saturated heterocycles. The summed E-state index contributed by atoms with van der Waals surface area (Å²) in [5.41, 5.74) is 0.619. The number of rotatable bonds is 7. The first-order chi connectivity index (χ1) is 12.4. The molecule has 0 bridgehead atoms. The van der Waals surface area contributed by atoms with Crippen molar-refractivity contribution in [3.05, 3.63) is 51.0 Å². The summed E-state index contributed by atoms with van der Waals surface area (Å²) >= 11 is 1.38. The molecule has 26 heavy (non-hydrogen) atoms. The zero-order chi connectivity index (χ0) is 19.3. The van der Waals surface area contributed by atoms with Crippen LogP contribution in [-0.2, 0) is 17.6 Å². The summed E-state index contributed by atoms with van der Waals surface area (Å²) in [5.74, 6) is -5.65. The van der Waals surface area contributed by atoms with Gasteiger partial charge in [-0.2, -0.15) is 0 Å². The van der Waals surface area contributed by atoms with Gasteiger partial charge in [0.25, 0.3) is 5.91 Å². The van der Waals surface area contributed by atoms with Crippen LogP contribution in [0.2, 0.25) is 0 Å². The smallest absolute Gasteiger partial charge is 0.261 e. The lowest BCUT2D eigenvalue weighted by Gasteiger charge is -2.08. The van der Waals surface area contributed by atoms with Crippen molar-refractivity contribution in [2.45, 2.75) is 33.1 Å². The number of halogens is 3. The SMILES string of the molecule is CCCc1sc(C(=O)NCC(=O)Nc2ccc(F)c(F)c2F)cc1CC. The number of aryl methyl sites for hydroxylation is 2. The molecule has 0 aliphatic carbocycles. The summed E-state index contributed by atoms with van der Waals surface area (Å²) in [6.45, 7) is 3.65. The first-order valence-corrected chi connectivity index (χ1v) is 9.02. The molecule has 140 valence electrons. The fraction of sp³-hybridized carbons (Fsp3) is 0.333. The van der Waals surface area contributed by atoms with Crippen LogP contribution in [0.4, 0.5) is 18.9 Å². The van der Waals surface area contributed by atoms with E-state index in [-0.39, 0.29) is 0 Å². The van der Waals surface area contributed by atoms with Gasteiger partial charge in [0.15, 0.2) is 17.5 Å². The van der Waals surface area contributed by atoms with Crippen LogP contribution >= 0.6 is 11.3 Å². The van der Waals surface area contributed by atoms with Crippen molar-refractivity contribution in [1.82, 2.24) is 5.32 Å². The van der Waals surface area contributed by atoms with Crippen LogP contribution in [0.15, 0.2) is 18.2 Å². The van der Waals surface area contributed by atoms with Gasteiger partial charge in [0.2, 0.25) is 5.91 Å². The summed E-state index contributed by atoms with van der Waals surface area (Å²) in [6, 6.07) is 3.43. The first kappa shape index (κ1) is 20.0. The molecule has 2 amide bonds. The number of benzene rings is 1. The maximum absolute atomic E-state index is 13.5. The van der Waals surface area contributed by atoms with Gasteiger partial charge in [-0.3, -0.25) is 9.59 Å². The third-order valence-corrected chi connectivity index (χ3v) is 4.93. The second kappa shape index (κ2) is 8.84. The molecule has 0 fully saturated rings. The van der Waals surface area contributed by atoms with Crippen molar-refractivity contribution in [2.75, 3.05) is 11.9 Å². The molecular formula is C18H19F3N2O2S. The molecule has 2 rings (SSSR count). The number of hydrogen-bond donors (Lipinski definition) is 2. The molecular weight excluding hydrogens is 365 g/mol. The maximum atomic E-state index is 13.5. The molecule has 0 unspecified atom stereocenters. The Balaban J connectivity index is 1.97. The Morgan fingerprint density at radius 2 is 1.85 bits per heavy atom. The summed E-state index contributed by atoms with van der Waals surface area (Å²) in [5, 5.41) is 4.54. The molecule has 0 radical (unpaired) electrons. The van der Waals surface area contributed by atoms with Gasteiger partial charge in [0, 0.05) is 4.88 Å². The summed E-state index contributed by atoms with van der Waals surface area (Å²) in [6.07, 6.45) is 2.67. The quantitative estimate of drug-likeness (QED) is 0.708. The van der Waals surface area contributed by atoms with Gasteiger partial charge in [-0.15, -0.1) is 11.3 Å². The Kier molecular flexibility index (Phi) is 6.79. The number of carbonyl (C=O) groups excluding carboxylic acids is 2. The van der Waals surface area contributed by atoms with Gasteiger partial charge < -0.3 is 10.6 Å². The van der Waals surface area contributed by atoms with E-state index >= 15 is 0 Å². The van der Waals surface area contributed by atoms with Gasteiger partial charge in [0.05, 0.1) is 17.1 Å². The highest BCUT2D eigenvalue weighted by Crippen LogP contribution is 2.24. The minimum Gasteiger partial charge on any atom is -0.342 e. The largest absolute Gasteiger partial charge is 0.342 e. The van der Waals surface area contributed by atoms with E-state index in [9.17, 15) is 22.8 Å². The van der Waals surface area contributed by atoms with Crippen LogP contribution in [0.1, 0.15) is 40.4 Å². The zero-order valence-electron chi connectivity index (χ0n) is 14.4. The van der Waals surface area contributed by atoms with Gasteiger partial charge in [-0.05, 0) is 36.6 Å². The molecule has 4 nitrogen and oxygen atoms in total. The van der Waals surface area contributed by atoms with E-state index in [0.29, 0.717) is 10.9 Å². The number of thiophene rings is 1. The lowest BCUT2D eigenvalue weighted by atomic mass is 10.1. The normalized spacial score (nSPS) is 10.7. The molecule has 1 heterocycles. The van der Waals surface area contributed by atoms with E-state index < -0.39 is 41.5 Å². The van der Waals surface area contributed by atoms with Gasteiger partial charge in [-0.1, -0.05) is 20.3 Å². The second-order valence-corrected chi connectivity index (χ2v) is 6.75. The van der Waals surface area contributed by atoms with E-state index in [4.69, 9.17) is 0 Å². The van der Waals surface area contributed by atoms with Crippen molar-refractivity contribution in [3.8, 4) is 0 Å². The van der Waals surface area contributed by atoms with Gasteiger partial charge in [-0.25, -0.2) is 13.2 Å². The predicted octanol–water partition coefficient (Wildman–Crippen LogP) is 4.05. The highest BCUT2D eigenvalue weighted by atomic mass is 32.1. The average molecular weight is 384 g/mol. The second-order valence-electron chi connectivity index (χ2n) is 5.62. The average Bonchev–Trinajstić information content (AvgIpc) is 3.03. The topological polar surface area (TPSA) is 58.2 Å². The molecule has 0 spiro atoms. The maximum Gasteiger partial charge on any atom is 0.261 e. The fourth-order valence-corrected chi connectivity index (χ4v) is 3.65. The monoisotopic (exact) mass is 384 g/mol. The molecule has 1 aromatic carbocycles. The van der Waals surface area contributed by atoms with Gasteiger partial charge >= 0.3 is 0 Å². The third kappa shape index (κ3) is 4.63. The van der Waals surface area contributed by atoms with Crippen molar-refractivity contribution in [1.29, 1.82) is 0 Å². The van der Waals surface area contributed by atoms with Crippen molar-refractivity contribution in [3.63, 3.8) is 0 Å². The number of carbonyl (C=O) groups is 2. The Morgan fingerprint density at radius 3 is 2.50 bits per heavy atom. The van der Waals surface area contributed by atoms with Crippen LogP contribution in [0.3, 0.4) is 0 Å². The van der Waals surface area contributed by atoms with E-state index in [1.807, 2.05) is 6.92 Å². The Bertz CT molecular complexity index is 821. The molecule has 0 aliphatic heterocycles. The summed E-state index contributed by atoms with van der Waals surface area (Å²) in [4.78, 5) is 25.7. The number of hydrogen-bond acceptors (Lipinski definition) is 3. The van der Waals surface area contributed by atoms with Crippen LogP contribution in [0, 0.1) is 17.5 Å².